The topological polar surface area (TPSA) is 51.2 Å². The number of sulfone groups is 1. The summed E-state index contributed by atoms with van der Waals surface area (Å²) in [5.41, 5.74) is 0.263. The van der Waals surface area contributed by atoms with Gasteiger partial charge in [0.15, 0.2) is 15.6 Å². The van der Waals surface area contributed by atoms with E-state index < -0.39 is 32.1 Å². The van der Waals surface area contributed by atoms with Crippen LogP contribution in [0.3, 0.4) is 0 Å². The van der Waals surface area contributed by atoms with E-state index in [0.29, 0.717) is 4.47 Å². The number of halogens is 2. The number of benzene rings is 2. The number of Topliss-reactive ketones (excluding diaryl/α,β-unsaturated/α-hetero) is 1. The van der Waals surface area contributed by atoms with Gasteiger partial charge in [0.05, 0.1) is 0 Å². The molecule has 2 aromatic carbocycles. The zero-order chi connectivity index (χ0) is 14.8. The van der Waals surface area contributed by atoms with Gasteiger partial charge in [-0.05, 0) is 24.3 Å². The van der Waals surface area contributed by atoms with Crippen LogP contribution in [0.15, 0.2) is 57.9 Å². The summed E-state index contributed by atoms with van der Waals surface area (Å²) in [4.78, 5) is 11.5. The second kappa shape index (κ2) is 5.85. The summed E-state index contributed by atoms with van der Waals surface area (Å²) in [6.07, 6.45) is 0. The molecule has 0 saturated heterocycles. The second-order valence-electron chi connectivity index (χ2n) is 4.12. The fourth-order valence-electron chi connectivity index (χ4n) is 1.69. The van der Waals surface area contributed by atoms with Crippen LogP contribution in [0, 0.1) is 5.82 Å². The third kappa shape index (κ3) is 3.32. The molecule has 0 N–H and O–H groups in total. The summed E-state index contributed by atoms with van der Waals surface area (Å²) in [6.45, 7) is 0. The summed E-state index contributed by atoms with van der Waals surface area (Å²) in [7, 11) is -3.99. The minimum Gasteiger partial charge on any atom is -0.293 e. The first kappa shape index (κ1) is 14.9. The van der Waals surface area contributed by atoms with Crippen molar-refractivity contribution < 1.29 is 17.6 Å². The first-order chi connectivity index (χ1) is 9.40. The van der Waals surface area contributed by atoms with E-state index in [0.717, 1.165) is 12.1 Å². The Morgan fingerprint density at radius 3 is 2.45 bits per heavy atom. The minimum atomic E-state index is -3.99. The quantitative estimate of drug-likeness (QED) is 0.790. The van der Waals surface area contributed by atoms with E-state index in [-0.39, 0.29) is 5.56 Å². The first-order valence-corrected chi connectivity index (χ1v) is 8.11. The molecule has 0 aliphatic heterocycles. The normalized spacial score (nSPS) is 11.3. The Kier molecular flexibility index (Phi) is 4.35. The van der Waals surface area contributed by atoms with E-state index in [9.17, 15) is 17.6 Å². The van der Waals surface area contributed by atoms with Crippen molar-refractivity contribution in [1.82, 2.24) is 0 Å². The lowest BCUT2D eigenvalue weighted by atomic mass is 10.2. The van der Waals surface area contributed by atoms with Gasteiger partial charge in [0, 0.05) is 10.0 Å². The van der Waals surface area contributed by atoms with Gasteiger partial charge >= 0.3 is 0 Å². The van der Waals surface area contributed by atoms with Crippen molar-refractivity contribution in [2.24, 2.45) is 0 Å². The lowest BCUT2D eigenvalue weighted by Crippen LogP contribution is -2.17. The molecular weight excluding hydrogens is 347 g/mol. The molecule has 104 valence electrons. The fraction of sp³-hybridized carbons (Fsp3) is 0.0714. The average Bonchev–Trinajstić information content (AvgIpc) is 2.38. The summed E-state index contributed by atoms with van der Waals surface area (Å²) in [6, 6.07) is 11.4. The van der Waals surface area contributed by atoms with Crippen LogP contribution in [0.25, 0.3) is 0 Å². The molecule has 20 heavy (non-hydrogen) atoms. The third-order valence-corrected chi connectivity index (χ3v) is 4.78. The van der Waals surface area contributed by atoms with Gasteiger partial charge in [0.1, 0.15) is 16.5 Å². The van der Waals surface area contributed by atoms with Crippen molar-refractivity contribution in [3.63, 3.8) is 0 Å². The average molecular weight is 357 g/mol. The summed E-state index contributed by atoms with van der Waals surface area (Å²) in [5.74, 6) is -2.19. The van der Waals surface area contributed by atoms with Crippen LogP contribution in [0.1, 0.15) is 10.4 Å². The molecule has 0 saturated carbocycles. The van der Waals surface area contributed by atoms with Crippen LogP contribution in [0.4, 0.5) is 4.39 Å². The van der Waals surface area contributed by atoms with E-state index in [1.807, 2.05) is 0 Å². The van der Waals surface area contributed by atoms with Gasteiger partial charge in [-0.15, -0.1) is 0 Å². The van der Waals surface area contributed by atoms with E-state index >= 15 is 0 Å². The van der Waals surface area contributed by atoms with Crippen LogP contribution >= 0.6 is 15.9 Å². The maximum Gasteiger partial charge on any atom is 0.188 e. The molecule has 0 aliphatic carbocycles. The van der Waals surface area contributed by atoms with Gasteiger partial charge in [0.2, 0.25) is 0 Å². The monoisotopic (exact) mass is 356 g/mol. The summed E-state index contributed by atoms with van der Waals surface area (Å²) < 4.78 is 38.3. The maximum atomic E-state index is 13.5. The zero-order valence-electron chi connectivity index (χ0n) is 10.2. The number of hydrogen-bond donors (Lipinski definition) is 0. The Morgan fingerprint density at radius 1 is 1.10 bits per heavy atom. The van der Waals surface area contributed by atoms with Crippen molar-refractivity contribution in [3.05, 3.63) is 64.4 Å². The molecule has 0 fully saturated rings. The molecule has 0 bridgehead atoms. The lowest BCUT2D eigenvalue weighted by molar-refractivity contribution is 0.102. The number of ketones is 1. The molecule has 0 aromatic heterocycles. The van der Waals surface area contributed by atoms with Crippen molar-refractivity contribution in [3.8, 4) is 0 Å². The molecular formula is C14H10BrFO3S. The van der Waals surface area contributed by atoms with Gasteiger partial charge in [-0.2, -0.15) is 0 Å². The Balaban J connectivity index is 2.30. The third-order valence-electron chi connectivity index (χ3n) is 2.64. The van der Waals surface area contributed by atoms with Gasteiger partial charge in [-0.25, -0.2) is 12.8 Å². The summed E-state index contributed by atoms with van der Waals surface area (Å²) in [5, 5.41) is 0. The molecule has 0 aliphatic rings. The zero-order valence-corrected chi connectivity index (χ0v) is 12.6. The van der Waals surface area contributed by atoms with Gasteiger partial charge in [-0.3, -0.25) is 4.79 Å². The lowest BCUT2D eigenvalue weighted by Gasteiger charge is -2.05. The molecule has 0 amide bonds. The van der Waals surface area contributed by atoms with Crippen molar-refractivity contribution in [1.29, 1.82) is 0 Å². The summed E-state index contributed by atoms with van der Waals surface area (Å²) >= 11 is 3.20. The second-order valence-corrected chi connectivity index (χ2v) is 7.00. The van der Waals surface area contributed by atoms with Crippen LogP contribution < -0.4 is 0 Å². The number of carbonyl (C=O) groups is 1. The smallest absolute Gasteiger partial charge is 0.188 e. The molecule has 2 rings (SSSR count). The number of carbonyl (C=O) groups excluding carboxylic acids is 1. The molecule has 2 aromatic rings. The fourth-order valence-corrected chi connectivity index (χ4v) is 3.41. The van der Waals surface area contributed by atoms with Crippen LogP contribution in [-0.2, 0) is 9.84 Å². The highest BCUT2D eigenvalue weighted by atomic mass is 79.9. The molecule has 3 nitrogen and oxygen atoms in total. The van der Waals surface area contributed by atoms with Crippen LogP contribution in [0.2, 0.25) is 0 Å². The van der Waals surface area contributed by atoms with E-state index in [1.165, 1.54) is 24.3 Å². The Morgan fingerprint density at radius 2 is 1.80 bits per heavy atom. The molecule has 0 atom stereocenters. The maximum absolute atomic E-state index is 13.5. The van der Waals surface area contributed by atoms with Crippen molar-refractivity contribution in [2.45, 2.75) is 4.90 Å². The van der Waals surface area contributed by atoms with Gasteiger partial charge in [0.25, 0.3) is 0 Å². The number of rotatable bonds is 4. The Hall–Kier alpha value is -1.53. The highest BCUT2D eigenvalue weighted by Crippen LogP contribution is 2.18. The Bertz CT molecular complexity index is 757. The highest BCUT2D eigenvalue weighted by molar-refractivity contribution is 9.10. The van der Waals surface area contributed by atoms with Crippen LogP contribution in [0.5, 0.6) is 0 Å². The van der Waals surface area contributed by atoms with Crippen molar-refractivity contribution in [2.75, 3.05) is 5.75 Å². The Labute approximate surface area is 124 Å². The predicted octanol–water partition coefficient (Wildman–Crippen LogP) is 3.24. The molecule has 0 heterocycles. The SMILES string of the molecule is O=C(CS(=O)(=O)c1ccccc1F)c1cccc(Br)c1. The largest absolute Gasteiger partial charge is 0.293 e. The predicted molar refractivity (Wildman–Crippen MR) is 76.9 cm³/mol. The highest BCUT2D eigenvalue weighted by Gasteiger charge is 2.23. The number of hydrogen-bond acceptors (Lipinski definition) is 3. The van der Waals surface area contributed by atoms with E-state index in [1.54, 1.807) is 12.1 Å². The van der Waals surface area contributed by atoms with E-state index in [2.05, 4.69) is 15.9 Å². The standard InChI is InChI=1S/C14H10BrFO3S/c15-11-5-3-4-10(8-11)13(17)9-20(18,19)14-7-2-1-6-12(14)16/h1-8H,9H2. The molecule has 0 spiro atoms. The molecule has 6 heteroatoms. The minimum absolute atomic E-state index is 0.263. The van der Waals surface area contributed by atoms with Gasteiger partial charge < -0.3 is 0 Å². The molecule has 0 radical (unpaired) electrons. The van der Waals surface area contributed by atoms with E-state index in [4.69, 9.17) is 0 Å². The van der Waals surface area contributed by atoms with Crippen molar-refractivity contribution >= 4 is 31.6 Å². The van der Waals surface area contributed by atoms with Gasteiger partial charge in [-0.1, -0.05) is 40.2 Å². The first-order valence-electron chi connectivity index (χ1n) is 5.66. The van der Waals surface area contributed by atoms with Crippen LogP contribution in [-0.4, -0.2) is 20.0 Å². The molecule has 0 unspecified atom stereocenters.